The van der Waals surface area contributed by atoms with E-state index >= 15 is 0 Å². The van der Waals surface area contributed by atoms with Gasteiger partial charge in [0.25, 0.3) is 0 Å². The molecule has 0 atom stereocenters. The number of carbonyl (C=O) groups excluding carboxylic acids is 1. The predicted molar refractivity (Wildman–Crippen MR) is 80.8 cm³/mol. The molecule has 0 saturated heterocycles. The predicted octanol–water partition coefficient (Wildman–Crippen LogP) is 3.24. The van der Waals surface area contributed by atoms with Crippen molar-refractivity contribution in [3.63, 3.8) is 0 Å². The second-order valence-corrected chi connectivity index (χ2v) is 5.79. The molecule has 2 N–H and O–H groups in total. The molecule has 5 heteroatoms. The molecular weight excluding hydrogens is 254 g/mol. The van der Waals surface area contributed by atoms with Crippen LogP contribution in [0, 0.1) is 6.92 Å². The molecule has 0 aliphatic heterocycles. The number of hydrogen-bond acceptors (Lipinski definition) is 4. The van der Waals surface area contributed by atoms with Crippen LogP contribution in [0.1, 0.15) is 45.2 Å². The Labute approximate surface area is 121 Å². The molecule has 1 rings (SSSR count). The average molecular weight is 279 g/mol. The zero-order chi connectivity index (χ0) is 15.2. The third-order valence-corrected chi connectivity index (χ3v) is 2.51. The summed E-state index contributed by atoms with van der Waals surface area (Å²) in [6.45, 7) is 11.0. The van der Waals surface area contributed by atoms with E-state index in [1.807, 2.05) is 33.8 Å². The van der Waals surface area contributed by atoms with E-state index < -0.39 is 11.7 Å². The number of anilines is 1. The monoisotopic (exact) mass is 279 g/mol. The topological polar surface area (TPSA) is 63.2 Å². The van der Waals surface area contributed by atoms with Crippen molar-refractivity contribution in [2.24, 2.45) is 0 Å². The first-order valence-electron chi connectivity index (χ1n) is 6.98. The van der Waals surface area contributed by atoms with Gasteiger partial charge in [-0.05, 0) is 51.3 Å². The highest BCUT2D eigenvalue weighted by Gasteiger charge is 2.15. The minimum Gasteiger partial charge on any atom is -0.444 e. The van der Waals surface area contributed by atoms with Gasteiger partial charge in [-0.3, -0.25) is 0 Å². The third-order valence-electron chi connectivity index (χ3n) is 2.51. The standard InChI is InChI=1S/C15H25N3O2/c1-6-7-16-13-11(2)8-12(9-17-13)10-18-14(19)20-15(3,4)5/h8-9H,6-7,10H2,1-5H3,(H,16,17)(H,18,19). The number of aryl methyl sites for hydroxylation is 1. The second-order valence-electron chi connectivity index (χ2n) is 5.79. The maximum Gasteiger partial charge on any atom is 0.407 e. The van der Waals surface area contributed by atoms with E-state index in [0.29, 0.717) is 6.54 Å². The SMILES string of the molecule is CCCNc1ncc(CNC(=O)OC(C)(C)C)cc1C. The van der Waals surface area contributed by atoms with Crippen molar-refractivity contribution in [3.8, 4) is 0 Å². The summed E-state index contributed by atoms with van der Waals surface area (Å²) in [5, 5.41) is 5.99. The van der Waals surface area contributed by atoms with Crippen LogP contribution in [0.15, 0.2) is 12.3 Å². The maximum atomic E-state index is 11.6. The molecule has 0 spiro atoms. The maximum absolute atomic E-state index is 11.6. The number of aromatic nitrogens is 1. The number of pyridine rings is 1. The van der Waals surface area contributed by atoms with E-state index in [4.69, 9.17) is 4.74 Å². The Morgan fingerprint density at radius 1 is 1.40 bits per heavy atom. The molecule has 112 valence electrons. The lowest BCUT2D eigenvalue weighted by atomic mass is 10.2. The first-order valence-corrected chi connectivity index (χ1v) is 6.98. The van der Waals surface area contributed by atoms with Crippen LogP contribution in [-0.2, 0) is 11.3 Å². The summed E-state index contributed by atoms with van der Waals surface area (Å²) in [5.41, 5.74) is 1.55. The summed E-state index contributed by atoms with van der Waals surface area (Å²) in [6.07, 6.45) is 2.41. The van der Waals surface area contributed by atoms with Gasteiger partial charge in [0.15, 0.2) is 0 Å². The molecule has 0 radical (unpaired) electrons. The van der Waals surface area contributed by atoms with Crippen molar-refractivity contribution < 1.29 is 9.53 Å². The summed E-state index contributed by atoms with van der Waals surface area (Å²) < 4.78 is 5.18. The number of nitrogens with zero attached hydrogens (tertiary/aromatic N) is 1. The number of hydrogen-bond donors (Lipinski definition) is 2. The van der Waals surface area contributed by atoms with E-state index in [9.17, 15) is 4.79 Å². The van der Waals surface area contributed by atoms with Crippen molar-refractivity contribution in [1.29, 1.82) is 0 Å². The summed E-state index contributed by atoms with van der Waals surface area (Å²) in [5.74, 6) is 0.896. The summed E-state index contributed by atoms with van der Waals surface area (Å²) >= 11 is 0. The Bertz CT molecular complexity index is 453. The van der Waals surface area contributed by atoms with E-state index in [0.717, 1.165) is 29.9 Å². The van der Waals surface area contributed by atoms with Crippen molar-refractivity contribution in [3.05, 3.63) is 23.4 Å². The zero-order valence-electron chi connectivity index (χ0n) is 13.0. The molecule has 0 aromatic carbocycles. The molecule has 0 unspecified atom stereocenters. The molecule has 1 aromatic rings. The summed E-state index contributed by atoms with van der Waals surface area (Å²) in [4.78, 5) is 15.9. The van der Waals surface area contributed by atoms with Crippen LogP contribution >= 0.6 is 0 Å². The van der Waals surface area contributed by atoms with Crippen molar-refractivity contribution in [2.45, 2.75) is 53.2 Å². The Balaban J connectivity index is 2.53. The average Bonchev–Trinajstić information content (AvgIpc) is 2.33. The molecule has 1 amide bonds. The van der Waals surface area contributed by atoms with E-state index in [1.165, 1.54) is 0 Å². The van der Waals surface area contributed by atoms with Gasteiger partial charge in [-0.25, -0.2) is 9.78 Å². The molecule has 0 saturated carbocycles. The van der Waals surface area contributed by atoms with Crippen LogP contribution in [0.25, 0.3) is 0 Å². The smallest absolute Gasteiger partial charge is 0.407 e. The first kappa shape index (κ1) is 16.3. The molecular formula is C15H25N3O2. The fourth-order valence-corrected chi connectivity index (χ4v) is 1.65. The second kappa shape index (κ2) is 7.12. The highest BCUT2D eigenvalue weighted by Crippen LogP contribution is 2.13. The van der Waals surface area contributed by atoms with Gasteiger partial charge in [-0.1, -0.05) is 6.92 Å². The number of rotatable bonds is 5. The van der Waals surface area contributed by atoms with Gasteiger partial charge in [-0.15, -0.1) is 0 Å². The number of carbonyl (C=O) groups is 1. The Morgan fingerprint density at radius 3 is 2.65 bits per heavy atom. The zero-order valence-corrected chi connectivity index (χ0v) is 13.0. The van der Waals surface area contributed by atoms with Crippen molar-refractivity contribution in [1.82, 2.24) is 10.3 Å². The van der Waals surface area contributed by atoms with Crippen LogP contribution in [-0.4, -0.2) is 23.2 Å². The van der Waals surface area contributed by atoms with Crippen LogP contribution in [0.3, 0.4) is 0 Å². The van der Waals surface area contributed by atoms with Gasteiger partial charge in [0.2, 0.25) is 0 Å². The van der Waals surface area contributed by atoms with Gasteiger partial charge < -0.3 is 15.4 Å². The van der Waals surface area contributed by atoms with E-state index in [1.54, 1.807) is 6.20 Å². The largest absolute Gasteiger partial charge is 0.444 e. The van der Waals surface area contributed by atoms with E-state index in [2.05, 4.69) is 22.5 Å². The van der Waals surface area contributed by atoms with Gasteiger partial charge in [0.05, 0.1) is 0 Å². The number of nitrogens with one attached hydrogen (secondary N) is 2. The Kier molecular flexibility index (Phi) is 5.80. The normalized spacial score (nSPS) is 11.1. The number of ether oxygens (including phenoxy) is 1. The van der Waals surface area contributed by atoms with Crippen LogP contribution < -0.4 is 10.6 Å². The minimum atomic E-state index is -0.480. The molecule has 1 heterocycles. The van der Waals surface area contributed by atoms with Gasteiger partial charge in [0.1, 0.15) is 11.4 Å². The Morgan fingerprint density at radius 2 is 2.10 bits per heavy atom. The molecule has 20 heavy (non-hydrogen) atoms. The third kappa shape index (κ3) is 5.91. The van der Waals surface area contributed by atoms with E-state index in [-0.39, 0.29) is 0 Å². The quantitative estimate of drug-likeness (QED) is 0.868. The molecule has 0 fully saturated rings. The molecule has 0 aliphatic rings. The molecule has 1 aromatic heterocycles. The molecule has 5 nitrogen and oxygen atoms in total. The van der Waals surface area contributed by atoms with Crippen molar-refractivity contribution >= 4 is 11.9 Å². The van der Waals surface area contributed by atoms with Gasteiger partial charge in [0, 0.05) is 19.3 Å². The molecule has 0 aliphatic carbocycles. The number of alkyl carbamates (subject to hydrolysis) is 1. The van der Waals surface area contributed by atoms with Crippen LogP contribution in [0.2, 0.25) is 0 Å². The first-order chi connectivity index (χ1) is 9.31. The summed E-state index contributed by atoms with van der Waals surface area (Å²) in [6, 6.07) is 2.02. The highest BCUT2D eigenvalue weighted by atomic mass is 16.6. The van der Waals surface area contributed by atoms with Gasteiger partial charge in [-0.2, -0.15) is 0 Å². The minimum absolute atomic E-state index is 0.414. The number of amides is 1. The fraction of sp³-hybridized carbons (Fsp3) is 0.600. The lowest BCUT2D eigenvalue weighted by molar-refractivity contribution is 0.0523. The Hall–Kier alpha value is -1.78. The highest BCUT2D eigenvalue weighted by molar-refractivity contribution is 5.67. The van der Waals surface area contributed by atoms with Crippen LogP contribution in [0.4, 0.5) is 10.6 Å². The lowest BCUT2D eigenvalue weighted by Gasteiger charge is -2.19. The lowest BCUT2D eigenvalue weighted by Crippen LogP contribution is -2.32. The van der Waals surface area contributed by atoms with Crippen LogP contribution in [0.5, 0.6) is 0 Å². The molecule has 0 bridgehead atoms. The summed E-state index contributed by atoms with van der Waals surface area (Å²) in [7, 11) is 0. The fourth-order valence-electron chi connectivity index (χ4n) is 1.65. The van der Waals surface area contributed by atoms with Gasteiger partial charge >= 0.3 is 6.09 Å². The van der Waals surface area contributed by atoms with Crippen molar-refractivity contribution in [2.75, 3.05) is 11.9 Å².